The molecule has 0 aromatic heterocycles. The molecule has 1 unspecified atom stereocenters. The van der Waals surface area contributed by atoms with E-state index in [-0.39, 0.29) is 11.7 Å². The summed E-state index contributed by atoms with van der Waals surface area (Å²) in [5, 5.41) is 2.71. The molecule has 112 valence electrons. The van der Waals surface area contributed by atoms with Gasteiger partial charge in [0, 0.05) is 6.54 Å². The molecule has 0 radical (unpaired) electrons. The van der Waals surface area contributed by atoms with Crippen molar-refractivity contribution >= 4 is 5.91 Å². The van der Waals surface area contributed by atoms with Gasteiger partial charge in [-0.2, -0.15) is 8.78 Å². The molecule has 0 heterocycles. The molecule has 4 nitrogen and oxygen atoms in total. The van der Waals surface area contributed by atoms with E-state index in [4.69, 9.17) is 5.73 Å². The molecule has 20 heavy (non-hydrogen) atoms. The summed E-state index contributed by atoms with van der Waals surface area (Å²) in [4.78, 5) is 11.7. The van der Waals surface area contributed by atoms with Crippen molar-refractivity contribution in [1.82, 2.24) is 5.32 Å². The maximum absolute atomic E-state index is 12.0. The van der Waals surface area contributed by atoms with E-state index >= 15 is 0 Å². The topological polar surface area (TPSA) is 64.4 Å². The second-order valence-corrected chi connectivity index (χ2v) is 4.98. The quantitative estimate of drug-likeness (QED) is 0.808. The van der Waals surface area contributed by atoms with Gasteiger partial charge in [-0.05, 0) is 30.0 Å². The standard InChI is InChI=1S/C14H20F2N2O2/c1-9(2)7-12(17)13(19)18-8-10-3-5-11(6-4-10)20-14(15)16/h3-6,9,12,14H,7-8,17H2,1-2H3,(H,18,19). The number of halogens is 2. The van der Waals surface area contributed by atoms with Gasteiger partial charge in [-0.15, -0.1) is 0 Å². The number of benzene rings is 1. The molecule has 0 bridgehead atoms. The van der Waals surface area contributed by atoms with Crippen molar-refractivity contribution in [3.63, 3.8) is 0 Å². The third kappa shape index (κ3) is 5.97. The zero-order chi connectivity index (χ0) is 15.1. The van der Waals surface area contributed by atoms with Crippen LogP contribution in [-0.2, 0) is 11.3 Å². The second-order valence-electron chi connectivity index (χ2n) is 4.98. The average molecular weight is 286 g/mol. The number of carbonyl (C=O) groups is 1. The maximum atomic E-state index is 12.0. The van der Waals surface area contributed by atoms with Crippen molar-refractivity contribution in [2.24, 2.45) is 11.7 Å². The fourth-order valence-corrected chi connectivity index (χ4v) is 1.72. The van der Waals surface area contributed by atoms with E-state index in [1.165, 1.54) is 12.1 Å². The van der Waals surface area contributed by atoms with Crippen molar-refractivity contribution in [2.75, 3.05) is 0 Å². The normalized spacial score (nSPS) is 12.6. The first-order chi connectivity index (χ1) is 9.38. The van der Waals surface area contributed by atoms with Crippen LogP contribution in [0, 0.1) is 5.92 Å². The molecule has 0 saturated heterocycles. The highest BCUT2D eigenvalue weighted by Gasteiger charge is 2.14. The number of nitrogens with two attached hydrogens (primary N) is 1. The highest BCUT2D eigenvalue weighted by molar-refractivity contribution is 5.81. The van der Waals surface area contributed by atoms with Gasteiger partial charge in [0.2, 0.25) is 5.91 Å². The third-order valence-electron chi connectivity index (χ3n) is 2.68. The van der Waals surface area contributed by atoms with E-state index in [1.807, 2.05) is 13.8 Å². The van der Waals surface area contributed by atoms with Gasteiger partial charge in [-0.1, -0.05) is 26.0 Å². The molecular formula is C14H20F2N2O2. The molecule has 1 aromatic carbocycles. The number of ether oxygens (including phenoxy) is 1. The predicted molar refractivity (Wildman–Crippen MR) is 72.4 cm³/mol. The number of hydrogen-bond donors (Lipinski definition) is 2. The maximum Gasteiger partial charge on any atom is 0.387 e. The number of hydrogen-bond acceptors (Lipinski definition) is 3. The zero-order valence-corrected chi connectivity index (χ0v) is 11.6. The van der Waals surface area contributed by atoms with E-state index < -0.39 is 12.7 Å². The lowest BCUT2D eigenvalue weighted by molar-refractivity contribution is -0.122. The lowest BCUT2D eigenvalue weighted by Gasteiger charge is -2.14. The summed E-state index contributed by atoms with van der Waals surface area (Å²) < 4.78 is 28.2. The minimum absolute atomic E-state index is 0.0894. The van der Waals surface area contributed by atoms with Gasteiger partial charge in [-0.25, -0.2) is 0 Å². The summed E-state index contributed by atoms with van der Waals surface area (Å²) in [6.07, 6.45) is 0.618. The van der Waals surface area contributed by atoms with Crippen molar-refractivity contribution < 1.29 is 18.3 Å². The lowest BCUT2D eigenvalue weighted by Crippen LogP contribution is -2.40. The van der Waals surface area contributed by atoms with Crippen LogP contribution >= 0.6 is 0 Å². The molecule has 1 amide bonds. The number of carbonyl (C=O) groups excluding carboxylic acids is 1. The smallest absolute Gasteiger partial charge is 0.387 e. The van der Waals surface area contributed by atoms with Crippen LogP contribution in [0.2, 0.25) is 0 Å². The van der Waals surface area contributed by atoms with Crippen molar-refractivity contribution in [3.05, 3.63) is 29.8 Å². The summed E-state index contributed by atoms with van der Waals surface area (Å²) in [5.41, 5.74) is 6.53. The molecule has 0 spiro atoms. The predicted octanol–water partition coefficient (Wildman–Crippen LogP) is 2.28. The van der Waals surface area contributed by atoms with Gasteiger partial charge in [0.1, 0.15) is 5.75 Å². The number of amides is 1. The highest BCUT2D eigenvalue weighted by atomic mass is 19.3. The van der Waals surface area contributed by atoms with Crippen LogP contribution in [0.3, 0.4) is 0 Å². The van der Waals surface area contributed by atoms with Crippen LogP contribution in [-0.4, -0.2) is 18.6 Å². The third-order valence-corrected chi connectivity index (χ3v) is 2.68. The SMILES string of the molecule is CC(C)CC(N)C(=O)NCc1ccc(OC(F)F)cc1. The molecule has 0 aliphatic rings. The number of rotatable bonds is 7. The van der Waals surface area contributed by atoms with E-state index in [2.05, 4.69) is 10.1 Å². The Bertz CT molecular complexity index is 422. The van der Waals surface area contributed by atoms with Crippen LogP contribution in [0.25, 0.3) is 0 Å². The van der Waals surface area contributed by atoms with Crippen molar-refractivity contribution in [3.8, 4) is 5.75 Å². The number of nitrogens with one attached hydrogen (secondary N) is 1. The molecule has 0 aliphatic carbocycles. The first-order valence-electron chi connectivity index (χ1n) is 6.45. The fourth-order valence-electron chi connectivity index (χ4n) is 1.72. The first kappa shape index (κ1) is 16.4. The van der Waals surface area contributed by atoms with E-state index in [9.17, 15) is 13.6 Å². The molecule has 6 heteroatoms. The van der Waals surface area contributed by atoms with Gasteiger partial charge in [0.25, 0.3) is 0 Å². The van der Waals surface area contributed by atoms with Crippen LogP contribution in [0.4, 0.5) is 8.78 Å². The molecule has 3 N–H and O–H groups in total. The van der Waals surface area contributed by atoms with E-state index in [1.54, 1.807) is 12.1 Å². The molecule has 0 aliphatic heterocycles. The Morgan fingerprint density at radius 1 is 1.30 bits per heavy atom. The fraction of sp³-hybridized carbons (Fsp3) is 0.500. The summed E-state index contributed by atoms with van der Waals surface area (Å²) in [7, 11) is 0. The first-order valence-corrected chi connectivity index (χ1v) is 6.45. The largest absolute Gasteiger partial charge is 0.435 e. The lowest BCUT2D eigenvalue weighted by atomic mass is 10.0. The van der Waals surface area contributed by atoms with Gasteiger partial charge >= 0.3 is 6.61 Å². The van der Waals surface area contributed by atoms with Crippen molar-refractivity contribution in [1.29, 1.82) is 0 Å². The van der Waals surface area contributed by atoms with E-state index in [0.29, 0.717) is 18.9 Å². The summed E-state index contributed by atoms with van der Waals surface area (Å²) in [6.45, 7) is 1.46. The van der Waals surface area contributed by atoms with Gasteiger partial charge in [0.15, 0.2) is 0 Å². The molecule has 1 rings (SSSR count). The van der Waals surface area contributed by atoms with Gasteiger partial charge < -0.3 is 15.8 Å². The van der Waals surface area contributed by atoms with Gasteiger partial charge in [0.05, 0.1) is 6.04 Å². The Kier molecular flexibility index (Phi) is 6.38. The summed E-state index contributed by atoms with van der Waals surface area (Å²) in [6, 6.07) is 5.57. The van der Waals surface area contributed by atoms with Gasteiger partial charge in [-0.3, -0.25) is 4.79 Å². The Morgan fingerprint density at radius 3 is 2.40 bits per heavy atom. The Hall–Kier alpha value is -1.69. The van der Waals surface area contributed by atoms with Crippen LogP contribution < -0.4 is 15.8 Å². The van der Waals surface area contributed by atoms with Crippen molar-refractivity contribution in [2.45, 2.75) is 39.5 Å². The van der Waals surface area contributed by atoms with Crippen LogP contribution in [0.1, 0.15) is 25.8 Å². The minimum atomic E-state index is -2.84. The van der Waals surface area contributed by atoms with Crippen LogP contribution in [0.15, 0.2) is 24.3 Å². The minimum Gasteiger partial charge on any atom is -0.435 e. The second kappa shape index (κ2) is 7.79. The molecule has 1 aromatic rings. The molecule has 1 atom stereocenters. The zero-order valence-electron chi connectivity index (χ0n) is 11.6. The van der Waals surface area contributed by atoms with Crippen LogP contribution in [0.5, 0.6) is 5.75 Å². The molecular weight excluding hydrogens is 266 g/mol. The summed E-state index contributed by atoms with van der Waals surface area (Å²) >= 11 is 0. The summed E-state index contributed by atoms with van der Waals surface area (Å²) in [5.74, 6) is 0.222. The monoisotopic (exact) mass is 286 g/mol. The Morgan fingerprint density at radius 2 is 1.90 bits per heavy atom. The Balaban J connectivity index is 2.43. The highest BCUT2D eigenvalue weighted by Crippen LogP contribution is 2.14. The number of alkyl halides is 2. The molecule has 0 saturated carbocycles. The van der Waals surface area contributed by atoms with E-state index in [0.717, 1.165) is 5.56 Å². The Labute approximate surface area is 117 Å². The average Bonchev–Trinajstić information content (AvgIpc) is 2.36. The molecule has 0 fully saturated rings.